The molecular weight excluding hydrogens is 350 g/mol. The topological polar surface area (TPSA) is 17.8 Å². The maximum atomic E-state index is 6.33. The molecule has 0 unspecified atom stereocenters. The van der Waals surface area contributed by atoms with Gasteiger partial charge in [0.25, 0.3) is 0 Å². The molecule has 0 aliphatic heterocycles. The van der Waals surface area contributed by atoms with Gasteiger partial charge in [-0.05, 0) is 30.3 Å². The lowest BCUT2D eigenvalue weighted by Crippen LogP contribution is -2.02. The van der Waals surface area contributed by atoms with Crippen molar-refractivity contribution < 1.29 is 0 Å². The van der Waals surface area contributed by atoms with Gasteiger partial charge >= 0.3 is 0 Å². The van der Waals surface area contributed by atoms with Gasteiger partial charge in [0.15, 0.2) is 0 Å². The van der Waals surface area contributed by atoms with Gasteiger partial charge in [0, 0.05) is 17.3 Å². The quantitative estimate of drug-likeness (QED) is 0.543. The van der Waals surface area contributed by atoms with Crippen molar-refractivity contribution in [2.75, 3.05) is 5.88 Å². The number of fused-ring (bicyclic) bond motifs is 1. The maximum absolute atomic E-state index is 6.33. The van der Waals surface area contributed by atoms with Crippen LogP contribution < -0.4 is 0 Å². The van der Waals surface area contributed by atoms with Crippen LogP contribution in [0.5, 0.6) is 0 Å². The second kappa shape index (κ2) is 6.05. The molecule has 0 aliphatic rings. The van der Waals surface area contributed by atoms with Crippen molar-refractivity contribution in [3.63, 3.8) is 0 Å². The van der Waals surface area contributed by atoms with E-state index in [4.69, 9.17) is 46.4 Å². The zero-order chi connectivity index (χ0) is 15.0. The lowest BCUT2D eigenvalue weighted by Gasteiger charge is -2.11. The summed E-state index contributed by atoms with van der Waals surface area (Å²) >= 11 is 24.4. The number of nitrogens with zero attached hydrogens (tertiary/aromatic N) is 2. The number of para-hydroxylation sites is 1. The van der Waals surface area contributed by atoms with Crippen LogP contribution >= 0.6 is 46.4 Å². The van der Waals surface area contributed by atoms with Crippen molar-refractivity contribution in [1.82, 2.24) is 9.55 Å². The Morgan fingerprint density at radius 3 is 2.52 bits per heavy atom. The number of benzene rings is 2. The van der Waals surface area contributed by atoms with E-state index in [0.29, 0.717) is 27.4 Å². The van der Waals surface area contributed by atoms with Crippen LogP contribution in [0.25, 0.3) is 16.7 Å². The predicted molar refractivity (Wildman–Crippen MR) is 90.5 cm³/mol. The van der Waals surface area contributed by atoms with E-state index in [9.17, 15) is 0 Å². The van der Waals surface area contributed by atoms with Crippen LogP contribution in [0.4, 0.5) is 0 Å². The third-order valence-electron chi connectivity index (χ3n) is 3.17. The Morgan fingerprint density at radius 1 is 1.00 bits per heavy atom. The third-order valence-corrected chi connectivity index (χ3v) is 4.21. The Labute approximate surface area is 142 Å². The van der Waals surface area contributed by atoms with Gasteiger partial charge in [-0.25, -0.2) is 4.98 Å². The number of hydrogen-bond donors (Lipinski definition) is 0. The van der Waals surface area contributed by atoms with Crippen molar-refractivity contribution >= 4 is 57.4 Å². The summed E-state index contributed by atoms with van der Waals surface area (Å²) in [4.78, 5) is 4.60. The summed E-state index contributed by atoms with van der Waals surface area (Å²) in [6.07, 6.45) is 0.617. The first kappa shape index (κ1) is 15.0. The summed E-state index contributed by atoms with van der Waals surface area (Å²) < 4.78 is 1.97. The van der Waals surface area contributed by atoms with Crippen molar-refractivity contribution in [3.8, 4) is 5.69 Å². The summed E-state index contributed by atoms with van der Waals surface area (Å²) in [5, 5.41) is 1.75. The van der Waals surface area contributed by atoms with E-state index in [1.807, 2.05) is 28.8 Å². The van der Waals surface area contributed by atoms with Crippen molar-refractivity contribution in [1.29, 1.82) is 0 Å². The van der Waals surface area contributed by atoms with Gasteiger partial charge in [-0.3, -0.25) is 4.57 Å². The first-order valence-corrected chi connectivity index (χ1v) is 7.96. The van der Waals surface area contributed by atoms with Crippen LogP contribution in [-0.4, -0.2) is 15.4 Å². The van der Waals surface area contributed by atoms with E-state index in [0.717, 1.165) is 22.5 Å². The molecule has 0 bridgehead atoms. The van der Waals surface area contributed by atoms with Gasteiger partial charge in [-0.15, -0.1) is 11.6 Å². The Balaban J connectivity index is 2.33. The lowest BCUT2D eigenvalue weighted by atomic mass is 10.2. The molecule has 0 saturated heterocycles. The molecule has 1 aromatic heterocycles. The Hall–Kier alpha value is -0.930. The highest BCUT2D eigenvalue weighted by molar-refractivity contribution is 6.36. The van der Waals surface area contributed by atoms with E-state index in [2.05, 4.69) is 4.98 Å². The molecule has 1 heterocycles. The number of aromatic nitrogens is 2. The van der Waals surface area contributed by atoms with E-state index in [1.165, 1.54) is 0 Å². The molecule has 0 aliphatic carbocycles. The average molecular weight is 360 g/mol. The molecule has 0 fully saturated rings. The Bertz CT molecular complexity index is 811. The fourth-order valence-electron chi connectivity index (χ4n) is 2.30. The second-order valence-corrected chi connectivity index (χ2v) is 6.13. The molecule has 2 nitrogen and oxygen atoms in total. The maximum Gasteiger partial charge on any atom is 0.115 e. The van der Waals surface area contributed by atoms with Crippen LogP contribution in [0.15, 0.2) is 36.4 Å². The number of halogens is 4. The molecule has 6 heteroatoms. The molecule has 0 N–H and O–H groups in total. The minimum atomic E-state index is 0.464. The fourth-order valence-corrected chi connectivity index (χ4v) is 3.17. The van der Waals surface area contributed by atoms with Crippen LogP contribution in [0.1, 0.15) is 5.82 Å². The molecule has 21 heavy (non-hydrogen) atoms. The number of aryl methyl sites for hydroxylation is 1. The molecule has 2 aromatic carbocycles. The van der Waals surface area contributed by atoms with E-state index >= 15 is 0 Å². The van der Waals surface area contributed by atoms with Crippen LogP contribution in [0.3, 0.4) is 0 Å². The zero-order valence-electron chi connectivity index (χ0n) is 10.8. The Morgan fingerprint density at radius 2 is 1.81 bits per heavy atom. The fraction of sp³-hybridized carbons (Fsp3) is 0.133. The van der Waals surface area contributed by atoms with Crippen molar-refractivity contribution in [3.05, 3.63) is 57.3 Å². The summed E-state index contributed by atoms with van der Waals surface area (Å²) in [7, 11) is 0. The highest BCUT2D eigenvalue weighted by atomic mass is 35.5. The molecular formula is C15H10Cl4N2. The molecule has 108 valence electrons. The van der Waals surface area contributed by atoms with Gasteiger partial charge in [0.2, 0.25) is 0 Å². The molecule has 0 radical (unpaired) electrons. The first-order valence-electron chi connectivity index (χ1n) is 6.29. The largest absolute Gasteiger partial charge is 0.295 e. The molecule has 0 atom stereocenters. The minimum absolute atomic E-state index is 0.464. The van der Waals surface area contributed by atoms with Gasteiger partial charge < -0.3 is 0 Å². The van der Waals surface area contributed by atoms with E-state index < -0.39 is 0 Å². The SMILES string of the molecule is ClCCc1nc2c(Cl)cccc2n1-c1ccc(Cl)cc1Cl. The lowest BCUT2D eigenvalue weighted by molar-refractivity contribution is 0.912. The number of imidazole rings is 1. The van der Waals surface area contributed by atoms with Crippen molar-refractivity contribution in [2.45, 2.75) is 6.42 Å². The van der Waals surface area contributed by atoms with Gasteiger partial charge in [0.1, 0.15) is 11.3 Å². The summed E-state index contributed by atoms with van der Waals surface area (Å²) in [5.41, 5.74) is 2.45. The van der Waals surface area contributed by atoms with E-state index in [-0.39, 0.29) is 0 Å². The summed E-state index contributed by atoms with van der Waals surface area (Å²) in [5.74, 6) is 1.28. The van der Waals surface area contributed by atoms with Gasteiger partial charge in [0.05, 0.1) is 21.2 Å². The first-order chi connectivity index (χ1) is 10.1. The standard InChI is InChI=1S/C15H10Cl4N2/c16-7-6-14-20-15-10(18)2-1-3-13(15)21(14)12-5-4-9(17)8-11(12)19/h1-5,8H,6-7H2. The molecule has 0 spiro atoms. The van der Waals surface area contributed by atoms with Crippen LogP contribution in [-0.2, 0) is 6.42 Å². The second-order valence-electron chi connectivity index (χ2n) is 4.51. The number of alkyl halides is 1. The van der Waals surface area contributed by atoms with E-state index in [1.54, 1.807) is 12.1 Å². The monoisotopic (exact) mass is 358 g/mol. The zero-order valence-corrected chi connectivity index (χ0v) is 13.8. The minimum Gasteiger partial charge on any atom is -0.295 e. The Kier molecular flexibility index (Phi) is 4.32. The highest BCUT2D eigenvalue weighted by Crippen LogP contribution is 2.31. The highest BCUT2D eigenvalue weighted by Gasteiger charge is 2.16. The van der Waals surface area contributed by atoms with Gasteiger partial charge in [-0.2, -0.15) is 0 Å². The van der Waals surface area contributed by atoms with Gasteiger partial charge in [-0.1, -0.05) is 40.9 Å². The number of rotatable bonds is 3. The summed E-state index contributed by atoms with van der Waals surface area (Å²) in [6.45, 7) is 0. The predicted octanol–water partition coefficient (Wildman–Crippen LogP) is 5.77. The van der Waals surface area contributed by atoms with Crippen LogP contribution in [0, 0.1) is 0 Å². The normalized spacial score (nSPS) is 11.2. The molecule has 0 saturated carbocycles. The smallest absolute Gasteiger partial charge is 0.115 e. The van der Waals surface area contributed by atoms with Crippen molar-refractivity contribution in [2.24, 2.45) is 0 Å². The average Bonchev–Trinajstić information content (AvgIpc) is 2.79. The van der Waals surface area contributed by atoms with Crippen LogP contribution in [0.2, 0.25) is 15.1 Å². The molecule has 0 amide bonds. The molecule has 3 rings (SSSR count). The summed E-state index contributed by atoms with van der Waals surface area (Å²) in [6, 6.07) is 11.0. The third kappa shape index (κ3) is 2.74. The molecule has 3 aromatic rings. The number of hydrogen-bond acceptors (Lipinski definition) is 1.